The van der Waals surface area contributed by atoms with E-state index in [1.54, 1.807) is 23.7 Å². The van der Waals surface area contributed by atoms with Gasteiger partial charge in [0.25, 0.3) is 0 Å². The molecule has 0 amide bonds. The third kappa shape index (κ3) is 4.55. The molecule has 32 heavy (non-hydrogen) atoms. The van der Waals surface area contributed by atoms with E-state index in [0.29, 0.717) is 18.8 Å². The Bertz CT molecular complexity index is 1140. The summed E-state index contributed by atoms with van der Waals surface area (Å²) >= 11 is 1.68. The number of hydrogen-bond acceptors (Lipinski definition) is 6. The van der Waals surface area contributed by atoms with E-state index in [1.165, 1.54) is 4.88 Å². The van der Waals surface area contributed by atoms with Crippen molar-refractivity contribution in [2.24, 2.45) is 5.92 Å². The molecule has 1 aromatic carbocycles. The van der Waals surface area contributed by atoms with Gasteiger partial charge in [-0.3, -0.25) is 9.59 Å². The zero-order chi connectivity index (χ0) is 22.8. The minimum atomic E-state index is -0.696. The lowest BCUT2D eigenvalue weighted by Crippen LogP contribution is -2.20. The second-order valence-electron chi connectivity index (χ2n) is 8.55. The second-order valence-corrected chi connectivity index (χ2v) is 9.58. The third-order valence-corrected chi connectivity index (χ3v) is 6.84. The summed E-state index contributed by atoms with van der Waals surface area (Å²) in [5, 5.41) is 5.32. The molecular formula is C26H27N3O2S. The van der Waals surface area contributed by atoms with Gasteiger partial charge in [-0.2, -0.15) is 0 Å². The number of carbonyl (C=O) groups is 2. The first kappa shape index (κ1) is 22.1. The molecule has 5 nitrogen and oxygen atoms in total. The Labute approximate surface area is 192 Å². The first-order valence-corrected chi connectivity index (χ1v) is 11.6. The van der Waals surface area contributed by atoms with E-state index in [4.69, 9.17) is 0 Å². The Kier molecular flexibility index (Phi) is 6.33. The zero-order valence-corrected chi connectivity index (χ0v) is 19.5. The van der Waals surface area contributed by atoms with Crippen LogP contribution in [-0.2, 0) is 16.1 Å². The van der Waals surface area contributed by atoms with Gasteiger partial charge in [0, 0.05) is 47.4 Å². The van der Waals surface area contributed by atoms with Crippen molar-refractivity contribution in [1.29, 1.82) is 0 Å². The summed E-state index contributed by atoms with van der Waals surface area (Å²) in [5.41, 5.74) is 5.36. The van der Waals surface area contributed by atoms with Crippen LogP contribution in [0.15, 0.2) is 54.3 Å². The van der Waals surface area contributed by atoms with Gasteiger partial charge in [0.1, 0.15) is 11.7 Å². The summed E-state index contributed by atoms with van der Waals surface area (Å²) in [6, 6.07) is 8.02. The quantitative estimate of drug-likeness (QED) is 0.514. The smallest absolute Gasteiger partial charge is 0.159 e. The van der Waals surface area contributed by atoms with Crippen LogP contribution in [-0.4, -0.2) is 21.5 Å². The van der Waals surface area contributed by atoms with E-state index in [-0.39, 0.29) is 23.9 Å². The van der Waals surface area contributed by atoms with E-state index in [2.05, 4.69) is 27.9 Å². The molecule has 1 fully saturated rings. The third-order valence-electron chi connectivity index (χ3n) is 5.96. The molecule has 0 saturated heterocycles. The summed E-state index contributed by atoms with van der Waals surface area (Å²) in [4.78, 5) is 36.2. The highest BCUT2D eigenvalue weighted by Gasteiger charge is 2.43. The molecule has 0 radical (unpaired) electrons. The van der Waals surface area contributed by atoms with E-state index < -0.39 is 5.92 Å². The summed E-state index contributed by atoms with van der Waals surface area (Å²) in [7, 11) is 0. The van der Waals surface area contributed by atoms with Crippen LogP contribution >= 0.6 is 11.3 Å². The van der Waals surface area contributed by atoms with Gasteiger partial charge >= 0.3 is 0 Å². The Balaban J connectivity index is 1.50. The Hall–Kier alpha value is -3.12. The zero-order valence-electron chi connectivity index (χ0n) is 18.6. The summed E-state index contributed by atoms with van der Waals surface area (Å²) in [5.74, 6) is -0.382. The number of aromatic nitrogens is 2. The number of benzene rings is 1. The standard InChI is InChI=1S/C26H27N3O2S/c1-15-12-28-26(29-13-15)20-8-16(2)23(17(3)9-20)24-22(30)11-19(25(24)31)10-18(4)27-14-21-6-5-7-32-21/h5-9,12-13,19,24,27H,4,10-11,14H2,1-3H3. The summed E-state index contributed by atoms with van der Waals surface area (Å²) in [6.45, 7) is 10.6. The van der Waals surface area contributed by atoms with Crippen molar-refractivity contribution in [1.82, 2.24) is 15.3 Å². The molecule has 0 bridgehead atoms. The van der Waals surface area contributed by atoms with Gasteiger partial charge < -0.3 is 5.32 Å². The Morgan fingerprint density at radius 1 is 1.16 bits per heavy atom. The SMILES string of the molecule is C=C(CC1CC(=O)C(c2c(C)cc(-c3ncc(C)cn3)cc2C)C1=O)NCc1cccs1. The number of nitrogens with one attached hydrogen (secondary N) is 1. The number of hydrogen-bond donors (Lipinski definition) is 1. The Morgan fingerprint density at radius 3 is 2.47 bits per heavy atom. The molecule has 4 rings (SSSR count). The molecule has 2 aromatic heterocycles. The number of aryl methyl sites for hydroxylation is 3. The fourth-order valence-electron chi connectivity index (χ4n) is 4.43. The first-order chi connectivity index (χ1) is 15.3. The van der Waals surface area contributed by atoms with Crippen molar-refractivity contribution in [3.63, 3.8) is 0 Å². The van der Waals surface area contributed by atoms with Crippen LogP contribution in [0, 0.1) is 26.7 Å². The van der Waals surface area contributed by atoms with Crippen molar-refractivity contribution in [2.45, 2.75) is 46.1 Å². The topological polar surface area (TPSA) is 72.0 Å². The molecule has 3 aromatic rings. The van der Waals surface area contributed by atoms with E-state index in [9.17, 15) is 9.59 Å². The number of rotatable bonds is 7. The summed E-state index contributed by atoms with van der Waals surface area (Å²) in [6.07, 6.45) is 4.33. The van der Waals surface area contributed by atoms with Crippen molar-refractivity contribution < 1.29 is 9.59 Å². The van der Waals surface area contributed by atoms with Crippen LogP contribution in [0.2, 0.25) is 0 Å². The van der Waals surface area contributed by atoms with Crippen LogP contribution in [0.4, 0.5) is 0 Å². The van der Waals surface area contributed by atoms with Crippen LogP contribution in [0.25, 0.3) is 11.4 Å². The van der Waals surface area contributed by atoms with Gasteiger partial charge in [0.15, 0.2) is 11.6 Å². The molecule has 0 spiro atoms. The van der Waals surface area contributed by atoms with Gasteiger partial charge in [0.05, 0.1) is 0 Å². The van der Waals surface area contributed by atoms with Crippen LogP contribution in [0.5, 0.6) is 0 Å². The van der Waals surface area contributed by atoms with Crippen LogP contribution in [0.3, 0.4) is 0 Å². The number of allylic oxidation sites excluding steroid dienone is 1. The molecule has 6 heteroatoms. The molecule has 2 atom stereocenters. The van der Waals surface area contributed by atoms with Crippen molar-refractivity contribution >= 4 is 22.9 Å². The molecular weight excluding hydrogens is 418 g/mol. The van der Waals surface area contributed by atoms with Gasteiger partial charge in [0.2, 0.25) is 0 Å². The van der Waals surface area contributed by atoms with Crippen molar-refractivity contribution in [3.05, 3.63) is 81.4 Å². The largest absolute Gasteiger partial charge is 0.384 e. The minimum absolute atomic E-state index is 0.000362. The fraction of sp³-hybridized carbons (Fsp3) is 0.308. The second kappa shape index (κ2) is 9.17. The maximum absolute atomic E-state index is 13.3. The lowest BCUT2D eigenvalue weighted by atomic mass is 9.86. The fourth-order valence-corrected chi connectivity index (χ4v) is 5.07. The first-order valence-electron chi connectivity index (χ1n) is 10.7. The maximum atomic E-state index is 13.3. The van der Waals surface area contributed by atoms with Crippen LogP contribution < -0.4 is 5.32 Å². The molecule has 2 heterocycles. The molecule has 1 aliphatic carbocycles. The number of ketones is 2. The normalized spacial score (nSPS) is 18.2. The number of nitrogens with zero attached hydrogens (tertiary/aromatic N) is 2. The van der Waals surface area contributed by atoms with Gasteiger partial charge in [-0.25, -0.2) is 9.97 Å². The highest BCUT2D eigenvalue weighted by atomic mass is 32.1. The van der Waals surface area contributed by atoms with Gasteiger partial charge in [-0.1, -0.05) is 12.6 Å². The number of Topliss-reactive ketones (excluding diaryl/α,β-unsaturated/α-hetero) is 2. The Morgan fingerprint density at radius 2 is 1.84 bits per heavy atom. The van der Waals surface area contributed by atoms with Gasteiger partial charge in [-0.15, -0.1) is 11.3 Å². The lowest BCUT2D eigenvalue weighted by molar-refractivity contribution is -0.124. The molecule has 1 N–H and O–H groups in total. The molecule has 1 aliphatic rings. The van der Waals surface area contributed by atoms with Crippen LogP contribution in [0.1, 0.15) is 45.9 Å². The highest BCUT2D eigenvalue weighted by Crippen LogP contribution is 2.39. The highest BCUT2D eigenvalue weighted by molar-refractivity contribution is 7.09. The van der Waals surface area contributed by atoms with Crippen molar-refractivity contribution in [3.8, 4) is 11.4 Å². The summed E-state index contributed by atoms with van der Waals surface area (Å²) < 4.78 is 0. The van der Waals surface area contributed by atoms with E-state index in [1.807, 2.05) is 44.4 Å². The molecule has 1 saturated carbocycles. The predicted octanol–water partition coefficient (Wildman–Crippen LogP) is 5.07. The maximum Gasteiger partial charge on any atom is 0.159 e. The molecule has 0 aliphatic heterocycles. The van der Waals surface area contributed by atoms with E-state index >= 15 is 0 Å². The average molecular weight is 446 g/mol. The van der Waals surface area contributed by atoms with Gasteiger partial charge in [-0.05, 0) is 73.0 Å². The molecule has 164 valence electrons. The lowest BCUT2D eigenvalue weighted by Gasteiger charge is -2.17. The predicted molar refractivity (Wildman–Crippen MR) is 127 cm³/mol. The average Bonchev–Trinajstić information content (AvgIpc) is 3.36. The molecule has 2 unspecified atom stereocenters. The minimum Gasteiger partial charge on any atom is -0.384 e. The number of carbonyl (C=O) groups excluding carboxylic acids is 2. The van der Waals surface area contributed by atoms with Crippen molar-refractivity contribution in [2.75, 3.05) is 0 Å². The monoisotopic (exact) mass is 445 g/mol. The number of thiophene rings is 1. The van der Waals surface area contributed by atoms with E-state index in [0.717, 1.165) is 33.5 Å².